The van der Waals surface area contributed by atoms with Crippen molar-refractivity contribution < 1.29 is 9.53 Å². The minimum atomic E-state index is -0.140. The summed E-state index contributed by atoms with van der Waals surface area (Å²) in [5.41, 5.74) is 0. The highest BCUT2D eigenvalue weighted by molar-refractivity contribution is 5.83. The molecule has 1 aliphatic heterocycles. The summed E-state index contributed by atoms with van der Waals surface area (Å²) in [6.45, 7) is 5.05. The van der Waals surface area contributed by atoms with Gasteiger partial charge >= 0.3 is 0 Å². The molecule has 14 heavy (non-hydrogen) atoms. The van der Waals surface area contributed by atoms with Gasteiger partial charge in [-0.05, 0) is 12.8 Å². The lowest BCUT2D eigenvalue weighted by atomic mass is 10.1. The Balaban J connectivity index is 2.03. The fourth-order valence-corrected chi connectivity index (χ4v) is 1.49. The third-order valence-electron chi connectivity index (χ3n) is 2.51. The zero-order valence-corrected chi connectivity index (χ0v) is 9.21. The standard InChI is InChI=1S/C11H21NO2/c1-3-5-7-9-10(14-9)11(13)12-8-6-4-2/h9-10H,3-8H2,1-2H3,(H,12,13)/t9?,10-/m0/s1. The second-order valence-electron chi connectivity index (χ2n) is 3.88. The highest BCUT2D eigenvalue weighted by Gasteiger charge is 2.43. The largest absolute Gasteiger partial charge is 0.359 e. The van der Waals surface area contributed by atoms with Gasteiger partial charge in [0.25, 0.3) is 5.91 Å². The Kier molecular flexibility index (Phi) is 4.94. The van der Waals surface area contributed by atoms with E-state index >= 15 is 0 Å². The van der Waals surface area contributed by atoms with Crippen molar-refractivity contribution in [2.75, 3.05) is 6.54 Å². The Bertz CT molecular complexity index is 182. The molecule has 0 aliphatic carbocycles. The van der Waals surface area contributed by atoms with E-state index in [1.165, 1.54) is 6.42 Å². The van der Waals surface area contributed by atoms with Gasteiger partial charge in [0.2, 0.25) is 0 Å². The lowest BCUT2D eigenvalue weighted by Crippen LogP contribution is -2.29. The molecule has 0 aromatic rings. The Morgan fingerprint density at radius 1 is 1.29 bits per heavy atom. The van der Waals surface area contributed by atoms with E-state index in [-0.39, 0.29) is 18.1 Å². The zero-order valence-electron chi connectivity index (χ0n) is 9.21. The topological polar surface area (TPSA) is 41.6 Å². The van der Waals surface area contributed by atoms with Gasteiger partial charge < -0.3 is 10.1 Å². The third-order valence-corrected chi connectivity index (χ3v) is 2.51. The van der Waals surface area contributed by atoms with Gasteiger partial charge in [0.1, 0.15) is 0 Å². The Morgan fingerprint density at radius 3 is 2.64 bits per heavy atom. The van der Waals surface area contributed by atoms with Gasteiger partial charge in [-0.25, -0.2) is 0 Å². The second-order valence-corrected chi connectivity index (χ2v) is 3.88. The van der Waals surface area contributed by atoms with Crippen LogP contribution in [0.15, 0.2) is 0 Å². The van der Waals surface area contributed by atoms with Crippen LogP contribution in [0.2, 0.25) is 0 Å². The highest BCUT2D eigenvalue weighted by Crippen LogP contribution is 2.27. The fourth-order valence-electron chi connectivity index (χ4n) is 1.49. The van der Waals surface area contributed by atoms with Gasteiger partial charge in [0, 0.05) is 6.54 Å². The van der Waals surface area contributed by atoms with E-state index in [9.17, 15) is 4.79 Å². The van der Waals surface area contributed by atoms with Crippen molar-refractivity contribution in [3.8, 4) is 0 Å². The molecular weight excluding hydrogens is 178 g/mol. The number of amides is 1. The molecule has 3 nitrogen and oxygen atoms in total. The summed E-state index contributed by atoms with van der Waals surface area (Å²) in [4.78, 5) is 11.4. The van der Waals surface area contributed by atoms with Crippen LogP contribution in [0.5, 0.6) is 0 Å². The van der Waals surface area contributed by atoms with Crippen molar-refractivity contribution in [3.63, 3.8) is 0 Å². The molecule has 82 valence electrons. The molecule has 0 aromatic heterocycles. The van der Waals surface area contributed by atoms with Crippen LogP contribution in [0.1, 0.15) is 46.0 Å². The summed E-state index contributed by atoms with van der Waals surface area (Å²) in [6, 6.07) is 0. The summed E-state index contributed by atoms with van der Waals surface area (Å²) in [5, 5.41) is 2.89. The van der Waals surface area contributed by atoms with Crippen LogP contribution in [-0.2, 0) is 9.53 Å². The molecule has 0 spiro atoms. The smallest absolute Gasteiger partial charge is 0.251 e. The van der Waals surface area contributed by atoms with E-state index in [1.807, 2.05) is 0 Å². The number of carbonyl (C=O) groups is 1. The van der Waals surface area contributed by atoms with Crippen LogP contribution in [-0.4, -0.2) is 24.7 Å². The molecule has 1 unspecified atom stereocenters. The van der Waals surface area contributed by atoms with Gasteiger partial charge in [-0.2, -0.15) is 0 Å². The van der Waals surface area contributed by atoms with Crippen molar-refractivity contribution in [2.24, 2.45) is 0 Å². The average molecular weight is 199 g/mol. The molecule has 0 radical (unpaired) electrons. The van der Waals surface area contributed by atoms with Gasteiger partial charge in [0.05, 0.1) is 6.10 Å². The molecule has 2 atom stereocenters. The summed E-state index contributed by atoms with van der Waals surface area (Å²) in [5.74, 6) is 0.0829. The average Bonchev–Trinajstić information content (AvgIpc) is 2.94. The van der Waals surface area contributed by atoms with E-state index < -0.39 is 0 Å². The first-order valence-electron chi connectivity index (χ1n) is 5.72. The van der Waals surface area contributed by atoms with Crippen LogP contribution < -0.4 is 5.32 Å². The minimum Gasteiger partial charge on any atom is -0.359 e. The van der Waals surface area contributed by atoms with Crippen LogP contribution >= 0.6 is 0 Å². The van der Waals surface area contributed by atoms with E-state index in [1.54, 1.807) is 0 Å². The number of epoxide rings is 1. The number of hydrogen-bond donors (Lipinski definition) is 1. The van der Waals surface area contributed by atoms with E-state index in [2.05, 4.69) is 19.2 Å². The number of ether oxygens (including phenoxy) is 1. The fraction of sp³-hybridized carbons (Fsp3) is 0.909. The first kappa shape index (κ1) is 11.5. The molecule has 0 aromatic carbocycles. The zero-order chi connectivity index (χ0) is 10.4. The van der Waals surface area contributed by atoms with Gasteiger partial charge in [-0.3, -0.25) is 4.79 Å². The van der Waals surface area contributed by atoms with Crippen molar-refractivity contribution >= 4 is 5.91 Å². The minimum absolute atomic E-state index is 0.0829. The van der Waals surface area contributed by atoms with Gasteiger partial charge in [-0.1, -0.05) is 33.1 Å². The van der Waals surface area contributed by atoms with E-state index in [0.717, 1.165) is 32.2 Å². The molecule has 1 saturated heterocycles. The Hall–Kier alpha value is -0.570. The van der Waals surface area contributed by atoms with Gasteiger partial charge in [0.15, 0.2) is 6.10 Å². The molecule has 1 amide bonds. The molecule has 1 aliphatic rings. The van der Waals surface area contributed by atoms with E-state index in [4.69, 9.17) is 4.74 Å². The predicted octanol–water partition coefficient (Wildman–Crippen LogP) is 1.86. The predicted molar refractivity (Wildman–Crippen MR) is 56.1 cm³/mol. The molecule has 1 rings (SSSR count). The van der Waals surface area contributed by atoms with Crippen molar-refractivity contribution in [1.82, 2.24) is 5.32 Å². The Morgan fingerprint density at radius 2 is 2.00 bits per heavy atom. The number of carbonyl (C=O) groups excluding carboxylic acids is 1. The van der Waals surface area contributed by atoms with Crippen molar-refractivity contribution in [1.29, 1.82) is 0 Å². The Labute approximate surface area is 86.2 Å². The highest BCUT2D eigenvalue weighted by atomic mass is 16.6. The van der Waals surface area contributed by atoms with E-state index in [0.29, 0.717) is 0 Å². The second kappa shape index (κ2) is 6.02. The van der Waals surface area contributed by atoms with Crippen molar-refractivity contribution in [3.05, 3.63) is 0 Å². The lowest BCUT2D eigenvalue weighted by Gasteiger charge is -2.00. The molecular formula is C11H21NO2. The maximum absolute atomic E-state index is 11.4. The summed E-state index contributed by atoms with van der Waals surface area (Å²) in [6.07, 6.45) is 5.59. The lowest BCUT2D eigenvalue weighted by molar-refractivity contribution is -0.122. The molecule has 1 fully saturated rings. The number of rotatable bonds is 7. The monoisotopic (exact) mass is 199 g/mol. The number of hydrogen-bond acceptors (Lipinski definition) is 2. The molecule has 0 saturated carbocycles. The van der Waals surface area contributed by atoms with Crippen LogP contribution in [0.3, 0.4) is 0 Å². The van der Waals surface area contributed by atoms with Crippen LogP contribution in [0.4, 0.5) is 0 Å². The molecule has 1 heterocycles. The van der Waals surface area contributed by atoms with Crippen LogP contribution in [0, 0.1) is 0 Å². The molecule has 1 N–H and O–H groups in total. The maximum atomic E-state index is 11.4. The first-order valence-corrected chi connectivity index (χ1v) is 5.72. The molecule has 0 bridgehead atoms. The van der Waals surface area contributed by atoms with Gasteiger partial charge in [-0.15, -0.1) is 0 Å². The third kappa shape index (κ3) is 3.66. The van der Waals surface area contributed by atoms with Crippen LogP contribution in [0.25, 0.3) is 0 Å². The molecule has 3 heteroatoms. The SMILES string of the molecule is CCCCNC(=O)[C@H]1OC1CCCC. The maximum Gasteiger partial charge on any atom is 0.251 e. The van der Waals surface area contributed by atoms with Crippen molar-refractivity contribution in [2.45, 2.75) is 58.2 Å². The quantitative estimate of drug-likeness (QED) is 0.502. The normalized spacial score (nSPS) is 24.7. The first-order chi connectivity index (χ1) is 6.79. The summed E-state index contributed by atoms with van der Waals surface area (Å²) >= 11 is 0. The number of nitrogens with one attached hydrogen (secondary N) is 1. The summed E-state index contributed by atoms with van der Waals surface area (Å²) in [7, 11) is 0. The summed E-state index contributed by atoms with van der Waals surface area (Å²) < 4.78 is 5.30. The number of unbranched alkanes of at least 4 members (excludes halogenated alkanes) is 2.